The fourth-order valence-electron chi connectivity index (χ4n) is 1.31. The van der Waals surface area contributed by atoms with E-state index in [1.807, 2.05) is 0 Å². The van der Waals surface area contributed by atoms with Crippen molar-refractivity contribution in [2.24, 2.45) is 0 Å². The fourth-order valence-corrected chi connectivity index (χ4v) is 1.31. The first-order valence-electron chi connectivity index (χ1n) is 4.26. The number of hydrogen-bond acceptors (Lipinski definition) is 3. The summed E-state index contributed by atoms with van der Waals surface area (Å²) in [5, 5.41) is 17.4. The van der Waals surface area contributed by atoms with Gasteiger partial charge in [0.05, 0.1) is 12.0 Å². The molecule has 80 valence electrons. The van der Waals surface area contributed by atoms with Crippen LogP contribution < -0.4 is 5.73 Å². The lowest BCUT2D eigenvalue weighted by atomic mass is 10.00. The lowest BCUT2D eigenvalue weighted by molar-refractivity contribution is -0.136. The van der Waals surface area contributed by atoms with Gasteiger partial charge in [-0.15, -0.1) is 0 Å². The molecule has 0 saturated carbocycles. The van der Waals surface area contributed by atoms with Gasteiger partial charge in [-0.05, 0) is 24.1 Å². The van der Waals surface area contributed by atoms with Gasteiger partial charge < -0.3 is 15.9 Å². The highest BCUT2D eigenvalue weighted by molar-refractivity contribution is 5.94. The van der Waals surface area contributed by atoms with Gasteiger partial charge in [0.2, 0.25) is 0 Å². The quantitative estimate of drug-likeness (QED) is 0.642. The van der Waals surface area contributed by atoms with Crippen molar-refractivity contribution in [1.29, 1.82) is 0 Å². The van der Waals surface area contributed by atoms with Gasteiger partial charge in [0.1, 0.15) is 0 Å². The summed E-state index contributed by atoms with van der Waals surface area (Å²) in [6.45, 7) is 1.61. The highest BCUT2D eigenvalue weighted by Gasteiger charge is 2.13. The Morgan fingerprint density at radius 2 is 1.93 bits per heavy atom. The van der Waals surface area contributed by atoms with Crippen LogP contribution in [0.25, 0.3) is 0 Å². The number of carbonyl (C=O) groups is 2. The summed E-state index contributed by atoms with van der Waals surface area (Å²) in [4.78, 5) is 21.2. The molecule has 4 N–H and O–H groups in total. The number of benzene rings is 1. The van der Waals surface area contributed by atoms with E-state index in [1.165, 1.54) is 12.1 Å². The molecule has 1 aromatic carbocycles. The number of aliphatic carboxylic acids is 1. The average molecular weight is 209 g/mol. The molecule has 0 amide bonds. The van der Waals surface area contributed by atoms with Gasteiger partial charge >= 0.3 is 11.9 Å². The third-order valence-electron chi connectivity index (χ3n) is 2.20. The summed E-state index contributed by atoms with van der Waals surface area (Å²) in [7, 11) is 0. The van der Waals surface area contributed by atoms with E-state index in [2.05, 4.69) is 0 Å². The Labute approximate surface area is 86.1 Å². The smallest absolute Gasteiger partial charge is 0.337 e. The normalized spacial score (nSPS) is 9.93. The third-order valence-corrected chi connectivity index (χ3v) is 2.20. The number of aromatic carboxylic acids is 1. The van der Waals surface area contributed by atoms with Gasteiger partial charge in [-0.3, -0.25) is 4.79 Å². The van der Waals surface area contributed by atoms with E-state index in [-0.39, 0.29) is 17.7 Å². The van der Waals surface area contributed by atoms with Gasteiger partial charge in [-0.25, -0.2) is 4.79 Å². The zero-order valence-electron chi connectivity index (χ0n) is 8.15. The predicted octanol–water partition coefficient (Wildman–Crippen LogP) is 0.903. The van der Waals surface area contributed by atoms with E-state index in [0.29, 0.717) is 11.1 Å². The van der Waals surface area contributed by atoms with Gasteiger partial charge in [0, 0.05) is 5.69 Å². The molecule has 0 aliphatic rings. The van der Waals surface area contributed by atoms with Crippen molar-refractivity contribution in [2.45, 2.75) is 13.3 Å². The molecule has 0 aliphatic heterocycles. The van der Waals surface area contributed by atoms with Crippen LogP contribution in [0.15, 0.2) is 12.1 Å². The monoisotopic (exact) mass is 209 g/mol. The van der Waals surface area contributed by atoms with Crippen LogP contribution in [-0.4, -0.2) is 22.2 Å². The molecule has 1 rings (SSSR count). The number of nitrogen functional groups attached to an aromatic ring is 1. The first kappa shape index (κ1) is 11.0. The molecule has 15 heavy (non-hydrogen) atoms. The number of rotatable bonds is 3. The van der Waals surface area contributed by atoms with Crippen molar-refractivity contribution >= 4 is 17.6 Å². The van der Waals surface area contributed by atoms with Crippen LogP contribution in [0.1, 0.15) is 21.5 Å². The first-order chi connectivity index (χ1) is 6.93. The maximum absolute atomic E-state index is 10.7. The van der Waals surface area contributed by atoms with Crippen LogP contribution in [0, 0.1) is 6.92 Å². The van der Waals surface area contributed by atoms with Gasteiger partial charge in [0.25, 0.3) is 0 Å². The van der Waals surface area contributed by atoms with Crippen LogP contribution in [-0.2, 0) is 11.2 Å². The van der Waals surface area contributed by atoms with Gasteiger partial charge in [-0.2, -0.15) is 0 Å². The molecule has 1 aromatic rings. The van der Waals surface area contributed by atoms with Gasteiger partial charge in [-0.1, -0.05) is 6.07 Å². The summed E-state index contributed by atoms with van der Waals surface area (Å²) in [5.41, 5.74) is 6.76. The summed E-state index contributed by atoms with van der Waals surface area (Å²) in [6.07, 6.45) is -0.157. The van der Waals surface area contributed by atoms with Crippen molar-refractivity contribution in [3.8, 4) is 0 Å². The van der Waals surface area contributed by atoms with Crippen LogP contribution in [0.5, 0.6) is 0 Å². The first-order valence-corrected chi connectivity index (χ1v) is 4.26. The molecular weight excluding hydrogens is 198 g/mol. The van der Waals surface area contributed by atoms with Crippen LogP contribution in [0.4, 0.5) is 5.69 Å². The minimum atomic E-state index is -1.11. The van der Waals surface area contributed by atoms with Crippen molar-refractivity contribution < 1.29 is 19.8 Å². The van der Waals surface area contributed by atoms with E-state index in [0.717, 1.165) is 0 Å². The van der Waals surface area contributed by atoms with Crippen LogP contribution >= 0.6 is 0 Å². The summed E-state index contributed by atoms with van der Waals surface area (Å²) >= 11 is 0. The van der Waals surface area contributed by atoms with E-state index < -0.39 is 11.9 Å². The zero-order valence-corrected chi connectivity index (χ0v) is 8.15. The Bertz CT molecular complexity index is 426. The SMILES string of the molecule is Cc1c(CC(=O)O)ccc(C(=O)O)c1N. The Morgan fingerprint density at radius 3 is 2.40 bits per heavy atom. The minimum Gasteiger partial charge on any atom is -0.481 e. The molecule has 0 saturated heterocycles. The number of nitrogens with two attached hydrogens (primary N) is 1. The fraction of sp³-hybridized carbons (Fsp3) is 0.200. The van der Waals surface area contributed by atoms with Crippen LogP contribution in [0.3, 0.4) is 0 Å². The van der Waals surface area contributed by atoms with Crippen LogP contribution in [0.2, 0.25) is 0 Å². The predicted molar refractivity (Wildman–Crippen MR) is 53.9 cm³/mol. The molecule has 0 atom stereocenters. The molecule has 5 nitrogen and oxygen atoms in total. The largest absolute Gasteiger partial charge is 0.481 e. The Balaban J connectivity index is 3.21. The second-order valence-corrected chi connectivity index (χ2v) is 3.19. The van der Waals surface area contributed by atoms with E-state index in [1.54, 1.807) is 6.92 Å². The number of anilines is 1. The molecule has 0 bridgehead atoms. The highest BCUT2D eigenvalue weighted by atomic mass is 16.4. The lowest BCUT2D eigenvalue weighted by Gasteiger charge is -2.08. The highest BCUT2D eigenvalue weighted by Crippen LogP contribution is 2.21. The standard InChI is InChI=1S/C10H11NO4/c1-5-6(4-8(12)13)2-3-7(9(5)11)10(14)15/h2-3H,4,11H2,1H3,(H,12,13)(H,14,15). The number of hydrogen-bond donors (Lipinski definition) is 3. The lowest BCUT2D eigenvalue weighted by Crippen LogP contribution is -2.08. The number of carboxylic acids is 2. The molecule has 0 aliphatic carbocycles. The van der Waals surface area contributed by atoms with E-state index in [4.69, 9.17) is 15.9 Å². The third kappa shape index (κ3) is 2.25. The number of carboxylic acid groups (broad SMARTS) is 2. The van der Waals surface area contributed by atoms with Crippen molar-refractivity contribution in [3.05, 3.63) is 28.8 Å². The molecule has 5 heteroatoms. The zero-order chi connectivity index (χ0) is 11.6. The average Bonchev–Trinajstić information content (AvgIpc) is 2.12. The Kier molecular flexibility index (Phi) is 2.94. The molecule has 0 spiro atoms. The summed E-state index contributed by atoms with van der Waals surface area (Å²) < 4.78 is 0. The van der Waals surface area contributed by atoms with E-state index >= 15 is 0 Å². The molecule has 0 fully saturated rings. The van der Waals surface area contributed by atoms with E-state index in [9.17, 15) is 9.59 Å². The van der Waals surface area contributed by atoms with Crippen molar-refractivity contribution in [1.82, 2.24) is 0 Å². The summed E-state index contributed by atoms with van der Waals surface area (Å²) in [5.74, 6) is -2.09. The van der Waals surface area contributed by atoms with Gasteiger partial charge in [0.15, 0.2) is 0 Å². The Morgan fingerprint density at radius 1 is 1.33 bits per heavy atom. The second-order valence-electron chi connectivity index (χ2n) is 3.19. The molecule has 0 aromatic heterocycles. The topological polar surface area (TPSA) is 101 Å². The second kappa shape index (κ2) is 4.00. The Hall–Kier alpha value is -2.04. The maximum atomic E-state index is 10.7. The molecule has 0 heterocycles. The molecular formula is C10H11NO4. The van der Waals surface area contributed by atoms with Crippen molar-refractivity contribution in [3.63, 3.8) is 0 Å². The summed E-state index contributed by atoms with van der Waals surface area (Å²) in [6, 6.07) is 2.80. The van der Waals surface area contributed by atoms with Crippen molar-refractivity contribution in [2.75, 3.05) is 5.73 Å². The molecule has 0 radical (unpaired) electrons. The maximum Gasteiger partial charge on any atom is 0.337 e. The molecule has 0 unspecified atom stereocenters. The minimum absolute atomic E-state index is 0.00152.